The highest BCUT2D eigenvalue weighted by atomic mass is 16.1. The Kier molecular flexibility index (Phi) is 6.27. The molecule has 4 aromatic rings. The molecular weight excluding hydrogens is 428 g/mol. The average molecular weight is 457 g/mol. The second-order valence-corrected chi connectivity index (χ2v) is 8.41. The van der Waals surface area contributed by atoms with Crippen LogP contribution in [0.3, 0.4) is 0 Å². The second-order valence-electron chi connectivity index (χ2n) is 8.41. The number of aryl methyl sites for hydroxylation is 2. The lowest BCUT2D eigenvalue weighted by Gasteiger charge is -2.19. The van der Waals surface area contributed by atoms with E-state index in [1.165, 1.54) is 0 Å². The third-order valence-corrected chi connectivity index (χ3v) is 5.66. The predicted molar refractivity (Wildman–Crippen MR) is 133 cm³/mol. The summed E-state index contributed by atoms with van der Waals surface area (Å²) in [6.45, 7) is 5.98. The highest BCUT2D eigenvalue weighted by Gasteiger charge is 2.20. The first-order valence-corrected chi connectivity index (χ1v) is 11.1. The summed E-state index contributed by atoms with van der Waals surface area (Å²) in [5, 5.41) is 16.5. The topological polar surface area (TPSA) is 128 Å². The van der Waals surface area contributed by atoms with E-state index in [9.17, 15) is 4.79 Å². The van der Waals surface area contributed by atoms with Crippen LogP contribution in [-0.2, 0) is 13.5 Å². The molecule has 0 spiro atoms. The first-order valence-electron chi connectivity index (χ1n) is 11.1. The predicted octanol–water partition coefficient (Wildman–Crippen LogP) is 4.10. The van der Waals surface area contributed by atoms with Crippen molar-refractivity contribution in [2.45, 2.75) is 27.2 Å². The molecule has 0 radical (unpaired) electrons. The Bertz CT molecular complexity index is 1370. The number of pyridine rings is 1. The molecule has 0 aliphatic rings. The van der Waals surface area contributed by atoms with Gasteiger partial charge in [0.05, 0.1) is 29.5 Å². The maximum atomic E-state index is 11.6. The average Bonchev–Trinajstić information content (AvgIpc) is 3.47. The summed E-state index contributed by atoms with van der Waals surface area (Å²) in [6.07, 6.45) is 9.75. The van der Waals surface area contributed by atoms with Crippen LogP contribution in [0.5, 0.6) is 0 Å². The minimum Gasteiger partial charge on any atom is -0.366 e. The molecule has 34 heavy (non-hydrogen) atoms. The summed E-state index contributed by atoms with van der Waals surface area (Å²) >= 11 is 0. The number of rotatable bonds is 8. The van der Waals surface area contributed by atoms with Crippen molar-refractivity contribution in [3.63, 3.8) is 0 Å². The third kappa shape index (κ3) is 4.45. The first-order chi connectivity index (χ1) is 16.3. The fourth-order valence-corrected chi connectivity index (χ4v) is 3.76. The van der Waals surface area contributed by atoms with Crippen LogP contribution in [-0.4, -0.2) is 35.9 Å². The number of carbonyl (C=O) groups is 1. The Labute approximate surface area is 198 Å². The molecular formula is C25H28N8O. The SMILES string of the molecule is CCc1cc(C(N)=O)ccc1Nc1nccc(-n2cnc(-c3cnn(C)c3)c2)c1C(=N)C(C)C. The molecule has 1 amide bonds. The second kappa shape index (κ2) is 9.30. The first kappa shape index (κ1) is 22.9. The molecule has 0 fully saturated rings. The molecule has 9 nitrogen and oxygen atoms in total. The molecule has 0 atom stereocenters. The van der Waals surface area contributed by atoms with Gasteiger partial charge in [-0.2, -0.15) is 5.10 Å². The van der Waals surface area contributed by atoms with E-state index in [1.807, 2.05) is 56.9 Å². The van der Waals surface area contributed by atoms with E-state index in [0.717, 1.165) is 28.2 Å². The normalized spacial score (nSPS) is 11.1. The molecule has 4 N–H and O–H groups in total. The van der Waals surface area contributed by atoms with E-state index in [1.54, 1.807) is 35.5 Å². The van der Waals surface area contributed by atoms with Crippen LogP contribution in [0.1, 0.15) is 42.3 Å². The molecule has 0 aliphatic carbocycles. The molecule has 3 heterocycles. The number of benzene rings is 1. The van der Waals surface area contributed by atoms with Gasteiger partial charge in [0.25, 0.3) is 0 Å². The molecule has 9 heteroatoms. The van der Waals surface area contributed by atoms with Crippen molar-refractivity contribution in [3.8, 4) is 16.9 Å². The van der Waals surface area contributed by atoms with Crippen molar-refractivity contribution in [2.75, 3.05) is 5.32 Å². The zero-order valence-corrected chi connectivity index (χ0v) is 19.7. The Hall–Kier alpha value is -4.27. The largest absolute Gasteiger partial charge is 0.366 e. The van der Waals surface area contributed by atoms with Gasteiger partial charge in [0.15, 0.2) is 0 Å². The van der Waals surface area contributed by atoms with Gasteiger partial charge < -0.3 is 21.0 Å². The standard InChI is InChI=1S/C25H28N8O/c1-5-16-10-17(24(27)34)6-7-19(16)31-25-22(23(26)15(2)3)21(8-9-28-25)33-13-20(29-14-33)18-11-30-32(4)12-18/h6-15,26H,5H2,1-4H3,(H2,27,34)(H,28,31). The third-order valence-electron chi connectivity index (χ3n) is 5.66. The van der Waals surface area contributed by atoms with Gasteiger partial charge in [-0.25, -0.2) is 9.97 Å². The number of hydrogen-bond donors (Lipinski definition) is 3. The van der Waals surface area contributed by atoms with Crippen LogP contribution >= 0.6 is 0 Å². The number of carbonyl (C=O) groups excluding carboxylic acids is 1. The highest BCUT2D eigenvalue weighted by molar-refractivity contribution is 6.07. The number of amides is 1. The fraction of sp³-hybridized carbons (Fsp3) is 0.240. The Morgan fingerprint density at radius 2 is 2.00 bits per heavy atom. The van der Waals surface area contributed by atoms with Gasteiger partial charge >= 0.3 is 0 Å². The Balaban J connectivity index is 1.80. The van der Waals surface area contributed by atoms with Crippen molar-refractivity contribution in [1.29, 1.82) is 5.41 Å². The van der Waals surface area contributed by atoms with Crippen LogP contribution in [0.2, 0.25) is 0 Å². The number of nitrogens with two attached hydrogens (primary N) is 1. The lowest BCUT2D eigenvalue weighted by molar-refractivity contribution is 0.1000. The highest BCUT2D eigenvalue weighted by Crippen LogP contribution is 2.30. The van der Waals surface area contributed by atoms with E-state index in [4.69, 9.17) is 11.1 Å². The van der Waals surface area contributed by atoms with Crippen molar-refractivity contribution in [3.05, 3.63) is 72.1 Å². The van der Waals surface area contributed by atoms with Crippen LogP contribution in [0, 0.1) is 11.3 Å². The van der Waals surface area contributed by atoms with Gasteiger partial charge in [0, 0.05) is 48.2 Å². The molecule has 174 valence electrons. The summed E-state index contributed by atoms with van der Waals surface area (Å²) < 4.78 is 3.63. The quantitative estimate of drug-likeness (QED) is 0.344. The van der Waals surface area contributed by atoms with Gasteiger partial charge in [-0.15, -0.1) is 0 Å². The number of imidazole rings is 1. The van der Waals surface area contributed by atoms with Crippen LogP contribution < -0.4 is 11.1 Å². The summed E-state index contributed by atoms with van der Waals surface area (Å²) in [7, 11) is 1.86. The molecule has 0 unspecified atom stereocenters. The van der Waals surface area contributed by atoms with Crippen molar-refractivity contribution < 1.29 is 4.79 Å². The van der Waals surface area contributed by atoms with Gasteiger partial charge in [0.1, 0.15) is 5.82 Å². The van der Waals surface area contributed by atoms with Gasteiger partial charge in [-0.3, -0.25) is 9.48 Å². The zero-order valence-electron chi connectivity index (χ0n) is 19.7. The number of primary amides is 1. The molecule has 3 aromatic heterocycles. The molecule has 1 aromatic carbocycles. The Morgan fingerprint density at radius 1 is 1.21 bits per heavy atom. The smallest absolute Gasteiger partial charge is 0.248 e. The minimum atomic E-state index is -0.465. The zero-order chi connectivity index (χ0) is 24.4. The summed E-state index contributed by atoms with van der Waals surface area (Å²) in [5.41, 5.74) is 11.3. The van der Waals surface area contributed by atoms with E-state index in [2.05, 4.69) is 20.4 Å². The maximum absolute atomic E-state index is 11.6. The molecule has 0 saturated carbocycles. The summed E-state index contributed by atoms with van der Waals surface area (Å²) in [6, 6.07) is 7.19. The molecule has 0 saturated heterocycles. The maximum Gasteiger partial charge on any atom is 0.248 e. The van der Waals surface area contributed by atoms with Crippen LogP contribution in [0.15, 0.2) is 55.4 Å². The van der Waals surface area contributed by atoms with E-state index >= 15 is 0 Å². The van der Waals surface area contributed by atoms with Gasteiger partial charge in [0.2, 0.25) is 5.91 Å². The number of anilines is 2. The van der Waals surface area contributed by atoms with E-state index in [0.29, 0.717) is 29.1 Å². The van der Waals surface area contributed by atoms with Gasteiger partial charge in [-0.05, 0) is 42.2 Å². The van der Waals surface area contributed by atoms with E-state index < -0.39 is 5.91 Å². The minimum absolute atomic E-state index is 0.0206. The lowest BCUT2D eigenvalue weighted by atomic mass is 9.98. The van der Waals surface area contributed by atoms with Crippen LogP contribution in [0.25, 0.3) is 16.9 Å². The molecule has 4 rings (SSSR count). The summed E-state index contributed by atoms with van der Waals surface area (Å²) in [4.78, 5) is 20.7. The van der Waals surface area contributed by atoms with Crippen molar-refractivity contribution in [1.82, 2.24) is 24.3 Å². The number of nitrogens with zero attached hydrogens (tertiary/aromatic N) is 5. The lowest BCUT2D eigenvalue weighted by Crippen LogP contribution is -2.16. The summed E-state index contributed by atoms with van der Waals surface area (Å²) in [5.74, 6) is 0.0789. The van der Waals surface area contributed by atoms with E-state index in [-0.39, 0.29) is 5.92 Å². The van der Waals surface area contributed by atoms with Crippen molar-refractivity contribution >= 4 is 23.1 Å². The molecule has 0 aliphatic heterocycles. The fourth-order valence-electron chi connectivity index (χ4n) is 3.76. The Morgan fingerprint density at radius 3 is 2.65 bits per heavy atom. The number of nitrogens with one attached hydrogen (secondary N) is 2. The number of hydrogen-bond acceptors (Lipinski definition) is 6. The monoisotopic (exact) mass is 456 g/mol. The van der Waals surface area contributed by atoms with Crippen LogP contribution in [0.4, 0.5) is 11.5 Å². The molecule has 0 bridgehead atoms. The number of aromatic nitrogens is 5. The van der Waals surface area contributed by atoms with Gasteiger partial charge in [-0.1, -0.05) is 20.8 Å². The van der Waals surface area contributed by atoms with Crippen molar-refractivity contribution in [2.24, 2.45) is 18.7 Å².